The number of nitrogens with zero attached hydrogens (tertiary/aromatic N) is 3. The number of halogens is 3. The molecule has 0 bridgehead atoms. The van der Waals surface area contributed by atoms with Crippen molar-refractivity contribution in [2.45, 2.75) is 32.2 Å². The molecule has 5 nitrogen and oxygen atoms in total. The van der Waals surface area contributed by atoms with E-state index in [0.29, 0.717) is 12.1 Å². The highest BCUT2D eigenvalue weighted by molar-refractivity contribution is 5.74. The maximum absolute atomic E-state index is 12.8. The van der Waals surface area contributed by atoms with Crippen molar-refractivity contribution in [3.63, 3.8) is 0 Å². The second-order valence-electron chi connectivity index (χ2n) is 5.54. The SMILES string of the molecule is C[C@H](Cn1cccn1)NC(=O)N(Cc1ccccc1)CC(F)(F)F. The first-order valence-electron chi connectivity index (χ1n) is 7.47. The van der Waals surface area contributed by atoms with E-state index < -0.39 is 18.8 Å². The summed E-state index contributed by atoms with van der Waals surface area (Å²) in [5.74, 6) is 0. The molecule has 1 aromatic heterocycles. The lowest BCUT2D eigenvalue weighted by Crippen LogP contribution is -2.48. The van der Waals surface area contributed by atoms with Crippen LogP contribution in [0, 0.1) is 0 Å². The van der Waals surface area contributed by atoms with Crippen molar-refractivity contribution >= 4 is 6.03 Å². The van der Waals surface area contributed by atoms with Gasteiger partial charge in [-0.1, -0.05) is 30.3 Å². The number of carbonyl (C=O) groups is 1. The maximum atomic E-state index is 12.8. The van der Waals surface area contributed by atoms with Crippen molar-refractivity contribution < 1.29 is 18.0 Å². The topological polar surface area (TPSA) is 50.2 Å². The fourth-order valence-corrected chi connectivity index (χ4v) is 2.26. The molecule has 0 radical (unpaired) electrons. The molecule has 2 amide bonds. The van der Waals surface area contributed by atoms with E-state index in [0.717, 1.165) is 4.90 Å². The van der Waals surface area contributed by atoms with Crippen LogP contribution in [-0.4, -0.2) is 39.5 Å². The number of hydrogen-bond acceptors (Lipinski definition) is 2. The Kier molecular flexibility index (Phi) is 5.83. The van der Waals surface area contributed by atoms with Gasteiger partial charge in [0.2, 0.25) is 0 Å². The van der Waals surface area contributed by atoms with Gasteiger partial charge < -0.3 is 10.2 Å². The third-order valence-electron chi connectivity index (χ3n) is 3.26. The van der Waals surface area contributed by atoms with Gasteiger partial charge in [-0.05, 0) is 18.6 Å². The summed E-state index contributed by atoms with van der Waals surface area (Å²) < 4.78 is 39.9. The first-order chi connectivity index (χ1) is 11.3. The number of rotatable bonds is 6. The predicted octanol–water partition coefficient (Wildman–Crippen LogP) is 3.05. The fourth-order valence-electron chi connectivity index (χ4n) is 2.26. The molecule has 8 heteroatoms. The molecule has 0 spiro atoms. The smallest absolute Gasteiger partial charge is 0.334 e. The molecule has 1 N–H and O–H groups in total. The normalized spacial score (nSPS) is 12.7. The summed E-state index contributed by atoms with van der Waals surface area (Å²) in [4.78, 5) is 13.0. The van der Waals surface area contributed by atoms with E-state index in [1.165, 1.54) is 0 Å². The van der Waals surface area contributed by atoms with Crippen LogP contribution in [0.4, 0.5) is 18.0 Å². The Morgan fingerprint density at radius 1 is 1.29 bits per heavy atom. The Morgan fingerprint density at radius 2 is 2.00 bits per heavy atom. The molecule has 0 aliphatic rings. The lowest BCUT2D eigenvalue weighted by atomic mass is 10.2. The van der Waals surface area contributed by atoms with Crippen LogP contribution in [0.25, 0.3) is 0 Å². The molecule has 0 saturated heterocycles. The van der Waals surface area contributed by atoms with E-state index in [-0.39, 0.29) is 12.6 Å². The number of carbonyl (C=O) groups excluding carboxylic acids is 1. The number of nitrogens with one attached hydrogen (secondary N) is 1. The van der Waals surface area contributed by atoms with Crippen LogP contribution in [0.1, 0.15) is 12.5 Å². The summed E-state index contributed by atoms with van der Waals surface area (Å²) in [6, 6.07) is 9.20. The number of hydrogen-bond donors (Lipinski definition) is 1. The summed E-state index contributed by atoms with van der Waals surface area (Å²) in [6.45, 7) is 0.681. The summed E-state index contributed by atoms with van der Waals surface area (Å²) in [5.41, 5.74) is 0.636. The number of urea groups is 1. The van der Waals surface area contributed by atoms with Crippen LogP contribution >= 0.6 is 0 Å². The predicted molar refractivity (Wildman–Crippen MR) is 83.1 cm³/mol. The molecule has 1 atom stereocenters. The first-order valence-corrected chi connectivity index (χ1v) is 7.47. The van der Waals surface area contributed by atoms with Crippen molar-refractivity contribution in [3.05, 3.63) is 54.4 Å². The minimum Gasteiger partial charge on any atom is -0.334 e. The van der Waals surface area contributed by atoms with E-state index >= 15 is 0 Å². The second-order valence-corrected chi connectivity index (χ2v) is 5.54. The van der Waals surface area contributed by atoms with Gasteiger partial charge in [-0.25, -0.2) is 4.79 Å². The van der Waals surface area contributed by atoms with Crippen LogP contribution in [-0.2, 0) is 13.1 Å². The molecular formula is C16H19F3N4O. The monoisotopic (exact) mass is 340 g/mol. The Bertz CT molecular complexity index is 629. The zero-order valence-corrected chi connectivity index (χ0v) is 13.2. The third kappa shape index (κ3) is 5.94. The van der Waals surface area contributed by atoms with Gasteiger partial charge in [0, 0.05) is 25.0 Å². The average molecular weight is 340 g/mol. The van der Waals surface area contributed by atoms with E-state index in [9.17, 15) is 18.0 Å². The second kappa shape index (κ2) is 7.85. The molecule has 1 heterocycles. The molecule has 0 unspecified atom stereocenters. The minimum atomic E-state index is -4.46. The van der Waals surface area contributed by atoms with Gasteiger partial charge >= 0.3 is 12.2 Å². The zero-order valence-electron chi connectivity index (χ0n) is 13.2. The van der Waals surface area contributed by atoms with Gasteiger partial charge in [0.1, 0.15) is 6.54 Å². The quantitative estimate of drug-likeness (QED) is 0.879. The number of aromatic nitrogens is 2. The molecule has 0 saturated carbocycles. The highest BCUT2D eigenvalue weighted by Gasteiger charge is 2.33. The molecular weight excluding hydrogens is 321 g/mol. The number of benzene rings is 1. The highest BCUT2D eigenvalue weighted by atomic mass is 19.4. The van der Waals surface area contributed by atoms with Crippen LogP contribution in [0.2, 0.25) is 0 Å². The van der Waals surface area contributed by atoms with Crippen molar-refractivity contribution in [1.82, 2.24) is 20.0 Å². The third-order valence-corrected chi connectivity index (χ3v) is 3.26. The standard InChI is InChI=1S/C16H19F3N4O/c1-13(10-23-9-5-8-20-23)21-15(24)22(12-16(17,18)19)11-14-6-3-2-4-7-14/h2-9,13H,10-12H2,1H3,(H,21,24)/t13-/m1/s1. The van der Waals surface area contributed by atoms with E-state index in [1.54, 1.807) is 60.4 Å². The summed E-state index contributed by atoms with van der Waals surface area (Å²) in [7, 11) is 0. The van der Waals surface area contributed by atoms with Gasteiger partial charge in [0.25, 0.3) is 0 Å². The average Bonchev–Trinajstić information content (AvgIpc) is 2.99. The number of amides is 2. The van der Waals surface area contributed by atoms with Gasteiger partial charge in [0.05, 0.1) is 6.54 Å². The largest absolute Gasteiger partial charge is 0.406 e. The van der Waals surface area contributed by atoms with Crippen molar-refractivity contribution in [2.24, 2.45) is 0 Å². The summed E-state index contributed by atoms with van der Waals surface area (Å²) in [6.07, 6.45) is -1.14. The van der Waals surface area contributed by atoms with Crippen molar-refractivity contribution in [2.75, 3.05) is 6.54 Å². The van der Waals surface area contributed by atoms with Crippen LogP contribution in [0.5, 0.6) is 0 Å². The zero-order chi connectivity index (χ0) is 17.6. The first kappa shape index (κ1) is 17.8. The van der Waals surface area contributed by atoms with Gasteiger partial charge in [0.15, 0.2) is 0 Å². The Hall–Kier alpha value is -2.51. The minimum absolute atomic E-state index is 0.110. The lowest BCUT2D eigenvalue weighted by Gasteiger charge is -2.26. The summed E-state index contributed by atoms with van der Waals surface area (Å²) in [5, 5.41) is 6.59. The van der Waals surface area contributed by atoms with Crippen LogP contribution < -0.4 is 5.32 Å². The van der Waals surface area contributed by atoms with E-state index in [4.69, 9.17) is 0 Å². The lowest BCUT2D eigenvalue weighted by molar-refractivity contribution is -0.141. The Morgan fingerprint density at radius 3 is 2.58 bits per heavy atom. The number of alkyl halides is 3. The molecule has 2 aromatic rings. The summed E-state index contributed by atoms with van der Waals surface area (Å²) >= 11 is 0. The Labute approximate surface area is 138 Å². The molecule has 0 aliphatic heterocycles. The van der Waals surface area contributed by atoms with Gasteiger partial charge in [-0.15, -0.1) is 0 Å². The van der Waals surface area contributed by atoms with Gasteiger partial charge in [-0.3, -0.25) is 4.68 Å². The maximum Gasteiger partial charge on any atom is 0.406 e. The molecule has 0 fully saturated rings. The molecule has 130 valence electrons. The van der Waals surface area contributed by atoms with Gasteiger partial charge in [-0.2, -0.15) is 18.3 Å². The highest BCUT2D eigenvalue weighted by Crippen LogP contribution is 2.18. The van der Waals surface area contributed by atoms with Crippen LogP contribution in [0.3, 0.4) is 0 Å². The molecule has 0 aliphatic carbocycles. The molecule has 2 rings (SSSR count). The van der Waals surface area contributed by atoms with E-state index in [2.05, 4.69) is 10.4 Å². The van der Waals surface area contributed by atoms with Crippen molar-refractivity contribution in [3.8, 4) is 0 Å². The Balaban J connectivity index is 2.00. The van der Waals surface area contributed by atoms with E-state index in [1.807, 2.05) is 0 Å². The van der Waals surface area contributed by atoms with Crippen molar-refractivity contribution in [1.29, 1.82) is 0 Å². The molecule has 1 aromatic carbocycles. The fraction of sp³-hybridized carbons (Fsp3) is 0.375. The molecule has 24 heavy (non-hydrogen) atoms. The van der Waals surface area contributed by atoms with Crippen LogP contribution in [0.15, 0.2) is 48.8 Å².